The van der Waals surface area contributed by atoms with Crippen molar-refractivity contribution in [3.8, 4) is 0 Å². The van der Waals surface area contributed by atoms with Crippen molar-refractivity contribution in [1.29, 1.82) is 0 Å². The van der Waals surface area contributed by atoms with Gasteiger partial charge in [-0.05, 0) is 45.0 Å². The molecule has 8 nitrogen and oxygen atoms in total. The summed E-state index contributed by atoms with van der Waals surface area (Å²) >= 11 is 0. The number of carbonyl (C=O) groups excluding carboxylic acids is 1. The number of nitrogens with zero attached hydrogens (tertiary/aromatic N) is 4. The minimum Gasteiger partial charge on any atom is -0.468 e. The summed E-state index contributed by atoms with van der Waals surface area (Å²) < 4.78 is 7.45. The molecule has 2 aromatic heterocycles. The van der Waals surface area contributed by atoms with E-state index in [0.717, 1.165) is 31.2 Å². The van der Waals surface area contributed by atoms with E-state index in [1.54, 1.807) is 12.6 Å². The van der Waals surface area contributed by atoms with Gasteiger partial charge >= 0.3 is 6.03 Å². The van der Waals surface area contributed by atoms with Crippen LogP contribution in [0.3, 0.4) is 0 Å². The summed E-state index contributed by atoms with van der Waals surface area (Å²) in [4.78, 5) is 14.5. The number of urea groups is 1. The monoisotopic (exact) mass is 332 g/mol. The average Bonchev–Trinajstić information content (AvgIpc) is 3.34. The first-order chi connectivity index (χ1) is 11.8. The Morgan fingerprint density at radius 2 is 2.21 bits per heavy atom. The highest BCUT2D eigenvalue weighted by molar-refractivity contribution is 5.73. The fourth-order valence-corrected chi connectivity index (χ4v) is 3.03. The first-order valence-corrected chi connectivity index (χ1v) is 8.43. The van der Waals surface area contributed by atoms with Crippen molar-refractivity contribution < 1.29 is 9.21 Å². The molecule has 0 spiro atoms. The molecule has 1 fully saturated rings. The van der Waals surface area contributed by atoms with Gasteiger partial charge in [-0.1, -0.05) is 0 Å². The Kier molecular flexibility index (Phi) is 5.47. The first kappa shape index (κ1) is 16.5. The van der Waals surface area contributed by atoms with Gasteiger partial charge in [0.25, 0.3) is 0 Å². The predicted molar refractivity (Wildman–Crippen MR) is 88.2 cm³/mol. The Labute approximate surface area is 141 Å². The highest BCUT2D eigenvalue weighted by atomic mass is 16.3. The molecule has 1 atom stereocenters. The molecule has 130 valence electrons. The van der Waals surface area contributed by atoms with Gasteiger partial charge < -0.3 is 19.6 Å². The van der Waals surface area contributed by atoms with Crippen molar-refractivity contribution in [2.45, 2.75) is 38.9 Å². The fourth-order valence-electron chi connectivity index (χ4n) is 3.03. The van der Waals surface area contributed by atoms with Crippen LogP contribution in [0.15, 0.2) is 29.1 Å². The van der Waals surface area contributed by atoms with Crippen LogP contribution in [0.25, 0.3) is 0 Å². The van der Waals surface area contributed by atoms with Crippen LogP contribution in [-0.2, 0) is 13.1 Å². The standard InChI is InChI=1S/C16H24N6O2/c1-2-21-12-19-20-15(21)11-18-16(23)17-10-13(14-6-5-9-24-14)22-7-3-4-8-22/h5-6,9,12-13H,2-4,7-8,10-11H2,1H3,(H2,17,18,23)/t13-/m0/s1. The van der Waals surface area contributed by atoms with Gasteiger partial charge in [-0.3, -0.25) is 4.90 Å². The maximum Gasteiger partial charge on any atom is 0.315 e. The lowest BCUT2D eigenvalue weighted by molar-refractivity contribution is 0.203. The number of hydrogen-bond donors (Lipinski definition) is 2. The number of hydrogen-bond acceptors (Lipinski definition) is 5. The summed E-state index contributed by atoms with van der Waals surface area (Å²) in [5.41, 5.74) is 0. The second kappa shape index (κ2) is 7.96. The zero-order valence-corrected chi connectivity index (χ0v) is 13.9. The van der Waals surface area contributed by atoms with E-state index in [4.69, 9.17) is 4.42 Å². The molecular weight excluding hydrogens is 308 g/mol. The van der Waals surface area contributed by atoms with Crippen LogP contribution in [0.5, 0.6) is 0 Å². The number of rotatable bonds is 7. The molecular formula is C16H24N6O2. The van der Waals surface area contributed by atoms with E-state index in [2.05, 4.69) is 25.7 Å². The van der Waals surface area contributed by atoms with Gasteiger partial charge in [0.2, 0.25) is 0 Å². The van der Waals surface area contributed by atoms with Crippen molar-refractivity contribution in [3.63, 3.8) is 0 Å². The molecule has 8 heteroatoms. The Balaban J connectivity index is 1.51. The van der Waals surface area contributed by atoms with Crippen LogP contribution >= 0.6 is 0 Å². The lowest BCUT2D eigenvalue weighted by atomic mass is 10.2. The molecule has 2 aromatic rings. The van der Waals surface area contributed by atoms with Crippen molar-refractivity contribution in [1.82, 2.24) is 30.3 Å². The maximum atomic E-state index is 12.1. The Hall–Kier alpha value is -2.35. The predicted octanol–water partition coefficient (Wildman–Crippen LogP) is 1.53. The van der Waals surface area contributed by atoms with E-state index < -0.39 is 0 Å². The van der Waals surface area contributed by atoms with Gasteiger partial charge in [-0.15, -0.1) is 10.2 Å². The summed E-state index contributed by atoms with van der Waals surface area (Å²) in [6.45, 7) is 5.73. The van der Waals surface area contributed by atoms with E-state index >= 15 is 0 Å². The van der Waals surface area contributed by atoms with Crippen molar-refractivity contribution in [3.05, 3.63) is 36.3 Å². The number of likely N-dealkylation sites (tertiary alicyclic amines) is 1. The first-order valence-electron chi connectivity index (χ1n) is 8.43. The van der Waals surface area contributed by atoms with Crippen LogP contribution in [-0.4, -0.2) is 45.3 Å². The lowest BCUT2D eigenvalue weighted by Gasteiger charge is -2.26. The molecule has 0 radical (unpaired) electrons. The number of carbonyl (C=O) groups is 1. The minimum absolute atomic E-state index is 0.0764. The van der Waals surface area contributed by atoms with Crippen molar-refractivity contribution >= 4 is 6.03 Å². The largest absolute Gasteiger partial charge is 0.468 e. The zero-order valence-electron chi connectivity index (χ0n) is 13.9. The second-order valence-electron chi connectivity index (χ2n) is 5.87. The Morgan fingerprint density at radius 1 is 1.38 bits per heavy atom. The normalized spacial score (nSPS) is 16.2. The number of aryl methyl sites for hydroxylation is 1. The van der Waals surface area contributed by atoms with Crippen LogP contribution in [0.2, 0.25) is 0 Å². The molecule has 0 aromatic carbocycles. The molecule has 0 aliphatic carbocycles. The molecule has 2 N–H and O–H groups in total. The fraction of sp³-hybridized carbons (Fsp3) is 0.562. The topological polar surface area (TPSA) is 88.2 Å². The van der Waals surface area contributed by atoms with E-state index in [1.165, 1.54) is 12.8 Å². The average molecular weight is 332 g/mol. The smallest absolute Gasteiger partial charge is 0.315 e. The SMILES string of the molecule is CCn1cnnc1CNC(=O)NC[C@@H](c1ccco1)N1CCCC1. The third kappa shape index (κ3) is 3.94. The van der Waals surface area contributed by atoms with E-state index in [-0.39, 0.29) is 12.1 Å². The second-order valence-corrected chi connectivity index (χ2v) is 5.87. The number of amides is 2. The number of nitrogens with one attached hydrogen (secondary N) is 2. The van der Waals surface area contributed by atoms with Crippen molar-refractivity contribution in [2.75, 3.05) is 19.6 Å². The van der Waals surface area contributed by atoms with Gasteiger partial charge in [-0.25, -0.2) is 4.79 Å². The molecule has 1 aliphatic rings. The Bertz CT molecular complexity index is 633. The lowest BCUT2D eigenvalue weighted by Crippen LogP contribution is -2.41. The summed E-state index contributed by atoms with van der Waals surface area (Å²) in [5.74, 6) is 1.64. The van der Waals surface area contributed by atoms with E-state index in [9.17, 15) is 4.79 Å². The van der Waals surface area contributed by atoms with Gasteiger partial charge in [0, 0.05) is 13.1 Å². The molecule has 1 saturated heterocycles. The van der Waals surface area contributed by atoms with Crippen LogP contribution in [0.1, 0.15) is 37.4 Å². The molecule has 1 aliphatic heterocycles. The Morgan fingerprint density at radius 3 is 2.92 bits per heavy atom. The maximum absolute atomic E-state index is 12.1. The molecule has 0 bridgehead atoms. The molecule has 0 unspecified atom stereocenters. The van der Waals surface area contributed by atoms with Crippen LogP contribution in [0.4, 0.5) is 4.79 Å². The summed E-state index contributed by atoms with van der Waals surface area (Å²) in [7, 11) is 0. The number of furan rings is 1. The highest BCUT2D eigenvalue weighted by Gasteiger charge is 2.25. The highest BCUT2D eigenvalue weighted by Crippen LogP contribution is 2.24. The zero-order chi connectivity index (χ0) is 16.8. The minimum atomic E-state index is -0.212. The third-order valence-corrected chi connectivity index (χ3v) is 4.35. The summed E-state index contributed by atoms with van der Waals surface area (Å²) in [6, 6.07) is 3.71. The van der Waals surface area contributed by atoms with E-state index in [0.29, 0.717) is 13.1 Å². The molecule has 3 rings (SSSR count). The molecule has 2 amide bonds. The third-order valence-electron chi connectivity index (χ3n) is 4.35. The molecule has 3 heterocycles. The molecule has 24 heavy (non-hydrogen) atoms. The van der Waals surface area contributed by atoms with E-state index in [1.807, 2.05) is 23.6 Å². The summed E-state index contributed by atoms with van der Waals surface area (Å²) in [6.07, 6.45) is 5.72. The quantitative estimate of drug-likeness (QED) is 0.803. The molecule has 0 saturated carbocycles. The number of aromatic nitrogens is 3. The van der Waals surface area contributed by atoms with Gasteiger partial charge in [0.05, 0.1) is 18.8 Å². The van der Waals surface area contributed by atoms with Crippen LogP contribution < -0.4 is 10.6 Å². The van der Waals surface area contributed by atoms with Crippen LogP contribution in [0, 0.1) is 0 Å². The van der Waals surface area contributed by atoms with Crippen molar-refractivity contribution in [2.24, 2.45) is 0 Å². The van der Waals surface area contributed by atoms with Gasteiger partial charge in [0.1, 0.15) is 12.1 Å². The van der Waals surface area contributed by atoms with Gasteiger partial charge in [0.15, 0.2) is 5.82 Å². The van der Waals surface area contributed by atoms with Gasteiger partial charge in [-0.2, -0.15) is 0 Å². The summed E-state index contributed by atoms with van der Waals surface area (Å²) in [5, 5.41) is 13.6.